The van der Waals surface area contributed by atoms with Crippen molar-refractivity contribution in [3.63, 3.8) is 0 Å². The summed E-state index contributed by atoms with van der Waals surface area (Å²) in [5.74, 6) is 1.56. The normalized spacial score (nSPS) is 39.6. The van der Waals surface area contributed by atoms with Crippen LogP contribution in [0.3, 0.4) is 0 Å². The second-order valence-electron chi connectivity index (χ2n) is 13.7. The van der Waals surface area contributed by atoms with Crippen molar-refractivity contribution in [3.8, 4) is 0 Å². The molecule has 5 aliphatic carbocycles. The third-order valence-corrected chi connectivity index (χ3v) is 11.7. The smallest absolute Gasteiger partial charge is 0.172 e. The zero-order valence-corrected chi connectivity index (χ0v) is 23.6. The number of aliphatic hydroxyl groups is 1. The Hall–Kier alpha value is -0.900. The molecule has 3 nitrogen and oxygen atoms in total. The molecule has 1 spiro atoms. The third kappa shape index (κ3) is 5.07. The second-order valence-corrected chi connectivity index (χ2v) is 13.7. The van der Waals surface area contributed by atoms with Crippen LogP contribution in [-0.2, 0) is 9.47 Å². The van der Waals surface area contributed by atoms with Crippen molar-refractivity contribution in [1.82, 2.24) is 0 Å². The van der Waals surface area contributed by atoms with E-state index in [2.05, 4.69) is 25.2 Å². The van der Waals surface area contributed by atoms with Gasteiger partial charge in [-0.1, -0.05) is 88.5 Å². The van der Waals surface area contributed by atoms with E-state index < -0.39 is 5.60 Å². The molecule has 1 N–H and O–H groups in total. The average molecular weight is 509 g/mol. The predicted molar refractivity (Wildman–Crippen MR) is 150 cm³/mol. The molecule has 4 atom stereocenters. The molecule has 1 saturated heterocycles. The largest absolute Gasteiger partial charge is 0.385 e. The van der Waals surface area contributed by atoms with Crippen LogP contribution in [0.4, 0.5) is 0 Å². The molecule has 1 aliphatic heterocycles. The molecule has 6 aliphatic rings. The van der Waals surface area contributed by atoms with Crippen LogP contribution in [0.25, 0.3) is 0 Å². The van der Waals surface area contributed by atoms with Gasteiger partial charge in [-0.15, -0.1) is 0 Å². The van der Waals surface area contributed by atoms with Gasteiger partial charge in [0.25, 0.3) is 0 Å². The summed E-state index contributed by atoms with van der Waals surface area (Å²) in [7, 11) is 0. The molecule has 0 radical (unpaired) electrons. The molecule has 3 fully saturated rings. The van der Waals surface area contributed by atoms with Crippen LogP contribution in [0.5, 0.6) is 0 Å². The standard InChI is InChI=1S/C34H52O3/c1-32-19-16-29-28-17-22-34(36-23-24-37-34)25-27(28)13-14-30(29)31(32)18-21-33(32,35)20-15-26-11-9-7-5-3-2-4-6-8-10-12-26/h15-16,20,26,30-31,35H,2-14,17-19,21-25H2,1H3/b20-15+/t30-,31+,32+,33+/m1/s1. The summed E-state index contributed by atoms with van der Waals surface area (Å²) in [4.78, 5) is 0. The van der Waals surface area contributed by atoms with E-state index in [0.717, 1.165) is 45.3 Å². The second kappa shape index (κ2) is 10.9. The minimum Gasteiger partial charge on any atom is -0.385 e. The highest BCUT2D eigenvalue weighted by Crippen LogP contribution is 2.63. The Kier molecular flexibility index (Phi) is 7.78. The molecule has 0 bridgehead atoms. The zero-order valence-electron chi connectivity index (χ0n) is 23.6. The van der Waals surface area contributed by atoms with E-state index in [4.69, 9.17) is 9.47 Å². The maximum absolute atomic E-state index is 12.2. The first-order valence-corrected chi connectivity index (χ1v) is 16.1. The third-order valence-electron chi connectivity index (χ3n) is 11.7. The van der Waals surface area contributed by atoms with Crippen molar-refractivity contribution in [2.24, 2.45) is 23.2 Å². The Balaban J connectivity index is 1.17. The van der Waals surface area contributed by atoms with Crippen LogP contribution >= 0.6 is 0 Å². The summed E-state index contributed by atoms with van der Waals surface area (Å²) in [6.45, 7) is 3.92. The summed E-state index contributed by atoms with van der Waals surface area (Å²) in [5.41, 5.74) is 4.20. The van der Waals surface area contributed by atoms with E-state index in [1.807, 2.05) is 0 Å². The Bertz CT molecular complexity index is 896. The Labute approximate surface area is 226 Å². The fraction of sp³-hybridized carbons (Fsp3) is 0.824. The molecule has 0 aromatic rings. The summed E-state index contributed by atoms with van der Waals surface area (Å²) in [6, 6.07) is 0. The van der Waals surface area contributed by atoms with E-state index in [-0.39, 0.29) is 11.2 Å². The van der Waals surface area contributed by atoms with Gasteiger partial charge in [-0.25, -0.2) is 0 Å². The van der Waals surface area contributed by atoms with Crippen molar-refractivity contribution in [2.45, 2.75) is 140 Å². The van der Waals surface area contributed by atoms with Crippen molar-refractivity contribution in [1.29, 1.82) is 0 Å². The highest BCUT2D eigenvalue weighted by atomic mass is 16.7. The molecule has 6 rings (SSSR count). The fourth-order valence-electron chi connectivity index (χ4n) is 9.30. The number of ether oxygens (including phenoxy) is 2. The summed E-state index contributed by atoms with van der Waals surface area (Å²) in [5, 5.41) is 12.2. The molecule has 206 valence electrons. The van der Waals surface area contributed by atoms with Crippen LogP contribution in [0, 0.1) is 23.2 Å². The zero-order chi connectivity index (χ0) is 25.3. The molecule has 0 amide bonds. The predicted octanol–water partition coefficient (Wildman–Crippen LogP) is 8.57. The Morgan fingerprint density at radius 2 is 1.51 bits per heavy atom. The first-order valence-electron chi connectivity index (χ1n) is 16.1. The van der Waals surface area contributed by atoms with E-state index in [1.54, 1.807) is 16.7 Å². The number of hydrogen-bond donors (Lipinski definition) is 1. The summed E-state index contributed by atoms with van der Waals surface area (Å²) < 4.78 is 12.2. The van der Waals surface area contributed by atoms with Crippen molar-refractivity contribution < 1.29 is 14.6 Å². The lowest BCUT2D eigenvalue weighted by Gasteiger charge is -2.50. The van der Waals surface area contributed by atoms with Crippen molar-refractivity contribution in [2.75, 3.05) is 13.2 Å². The van der Waals surface area contributed by atoms with Gasteiger partial charge in [-0.05, 0) is 80.3 Å². The topological polar surface area (TPSA) is 38.7 Å². The van der Waals surface area contributed by atoms with E-state index in [1.165, 1.54) is 89.9 Å². The van der Waals surface area contributed by atoms with Gasteiger partial charge in [0.2, 0.25) is 0 Å². The Morgan fingerprint density at radius 3 is 2.22 bits per heavy atom. The van der Waals surface area contributed by atoms with Crippen LogP contribution in [0.1, 0.15) is 129 Å². The molecular weight excluding hydrogens is 456 g/mol. The van der Waals surface area contributed by atoms with Crippen LogP contribution in [-0.4, -0.2) is 29.7 Å². The molecule has 0 aromatic carbocycles. The molecule has 3 heteroatoms. The van der Waals surface area contributed by atoms with Crippen LogP contribution in [0.15, 0.2) is 34.9 Å². The molecule has 2 saturated carbocycles. The van der Waals surface area contributed by atoms with Gasteiger partial charge in [0.15, 0.2) is 5.79 Å². The Morgan fingerprint density at radius 1 is 0.838 bits per heavy atom. The minimum absolute atomic E-state index is 0.0331. The first-order chi connectivity index (χ1) is 18.0. The van der Waals surface area contributed by atoms with Gasteiger partial charge in [-0.2, -0.15) is 0 Å². The van der Waals surface area contributed by atoms with E-state index >= 15 is 0 Å². The lowest BCUT2D eigenvalue weighted by atomic mass is 9.56. The SMILES string of the molecule is C[C@]12CC=C3C4=C(CC[C@H]3[C@@H]1CC[C@@]2(O)/C=C/C1CCCCCCCCCCC1)CC1(CC4)OCCO1. The van der Waals surface area contributed by atoms with Gasteiger partial charge in [0.05, 0.1) is 18.8 Å². The molecule has 0 unspecified atom stereocenters. The van der Waals surface area contributed by atoms with E-state index in [9.17, 15) is 5.11 Å². The average Bonchev–Trinajstić information content (AvgIpc) is 3.45. The number of allylic oxidation sites excluding steroid dienone is 4. The quantitative estimate of drug-likeness (QED) is 0.380. The first kappa shape index (κ1) is 26.3. The fourth-order valence-corrected chi connectivity index (χ4v) is 9.30. The van der Waals surface area contributed by atoms with Gasteiger partial charge in [0.1, 0.15) is 0 Å². The summed E-state index contributed by atoms with van der Waals surface area (Å²) in [6.07, 6.45) is 31.2. The molecule has 1 heterocycles. The highest BCUT2D eigenvalue weighted by Gasteiger charge is 2.59. The lowest BCUT2D eigenvalue weighted by molar-refractivity contribution is -0.164. The van der Waals surface area contributed by atoms with Crippen molar-refractivity contribution >= 4 is 0 Å². The molecular formula is C34H52O3. The van der Waals surface area contributed by atoms with E-state index in [0.29, 0.717) is 17.8 Å². The summed E-state index contributed by atoms with van der Waals surface area (Å²) >= 11 is 0. The van der Waals surface area contributed by atoms with Crippen LogP contribution < -0.4 is 0 Å². The monoisotopic (exact) mass is 508 g/mol. The molecule has 37 heavy (non-hydrogen) atoms. The lowest BCUT2D eigenvalue weighted by Crippen LogP contribution is -2.48. The maximum Gasteiger partial charge on any atom is 0.172 e. The van der Waals surface area contributed by atoms with Gasteiger partial charge >= 0.3 is 0 Å². The van der Waals surface area contributed by atoms with Crippen molar-refractivity contribution in [3.05, 3.63) is 34.9 Å². The number of fused-ring (bicyclic) bond motifs is 4. The minimum atomic E-state index is -0.653. The highest BCUT2D eigenvalue weighted by molar-refractivity contribution is 5.45. The maximum atomic E-state index is 12.2. The van der Waals surface area contributed by atoms with Gasteiger partial charge in [0, 0.05) is 18.3 Å². The number of rotatable bonds is 2. The number of hydrogen-bond acceptors (Lipinski definition) is 3. The van der Waals surface area contributed by atoms with Gasteiger partial charge in [-0.3, -0.25) is 0 Å². The van der Waals surface area contributed by atoms with Crippen LogP contribution in [0.2, 0.25) is 0 Å². The van der Waals surface area contributed by atoms with Gasteiger partial charge < -0.3 is 14.6 Å². The molecule has 0 aromatic heterocycles.